The van der Waals surface area contributed by atoms with E-state index < -0.39 is 0 Å². The number of fused-ring (bicyclic) bond motifs is 1. The number of amides is 1. The van der Waals surface area contributed by atoms with Gasteiger partial charge in [0.25, 0.3) is 5.91 Å². The Morgan fingerprint density at radius 1 is 1.09 bits per heavy atom. The lowest BCUT2D eigenvalue weighted by Gasteiger charge is -2.40. The normalized spacial score (nSPS) is 17.2. The van der Waals surface area contributed by atoms with Crippen molar-refractivity contribution in [3.63, 3.8) is 0 Å². The Morgan fingerprint density at radius 2 is 1.88 bits per heavy atom. The number of ether oxygens (including phenoxy) is 2. The van der Waals surface area contributed by atoms with Crippen molar-refractivity contribution in [1.29, 1.82) is 0 Å². The highest BCUT2D eigenvalue weighted by Crippen LogP contribution is 2.49. The molecule has 1 aromatic heterocycles. The van der Waals surface area contributed by atoms with Crippen LogP contribution < -0.4 is 15.0 Å². The Labute approximate surface area is 188 Å². The summed E-state index contributed by atoms with van der Waals surface area (Å²) >= 11 is 0. The van der Waals surface area contributed by atoms with E-state index in [1.807, 2.05) is 38.1 Å². The van der Waals surface area contributed by atoms with Gasteiger partial charge in [0.15, 0.2) is 0 Å². The number of carbonyl (C=O) groups is 1. The summed E-state index contributed by atoms with van der Waals surface area (Å²) in [4.78, 5) is 20.4. The molecule has 6 nitrogen and oxygen atoms in total. The van der Waals surface area contributed by atoms with E-state index in [9.17, 15) is 4.79 Å². The van der Waals surface area contributed by atoms with Gasteiger partial charge in [-0.25, -0.2) is 0 Å². The average molecular weight is 432 g/mol. The molecule has 5 rings (SSSR count). The molecule has 2 aliphatic rings. The number of nitrogens with zero attached hydrogens (tertiary/aromatic N) is 2. The third kappa shape index (κ3) is 3.58. The SMILES string of the molecule is COc1ccc(C)c(C(=O)NC2(c3cc(N4CC(OC)C4)cc4nc(C)ccc34)CC2)c1. The predicted octanol–water partition coefficient (Wildman–Crippen LogP) is 4.11. The molecule has 1 aliphatic heterocycles. The predicted molar refractivity (Wildman–Crippen MR) is 126 cm³/mol. The van der Waals surface area contributed by atoms with Crippen LogP contribution in [0.1, 0.15) is 40.0 Å². The Morgan fingerprint density at radius 3 is 2.56 bits per heavy atom. The Balaban J connectivity index is 1.52. The summed E-state index contributed by atoms with van der Waals surface area (Å²) in [6, 6.07) is 14.2. The van der Waals surface area contributed by atoms with Crippen LogP contribution in [-0.2, 0) is 10.3 Å². The van der Waals surface area contributed by atoms with E-state index in [2.05, 4.69) is 28.4 Å². The monoisotopic (exact) mass is 431 g/mol. The average Bonchev–Trinajstić information content (AvgIpc) is 3.53. The summed E-state index contributed by atoms with van der Waals surface area (Å²) < 4.78 is 10.8. The van der Waals surface area contributed by atoms with E-state index in [1.165, 1.54) is 0 Å². The minimum atomic E-state index is -0.372. The Kier molecular flexibility index (Phi) is 5.05. The van der Waals surface area contributed by atoms with Crippen LogP contribution in [0.3, 0.4) is 0 Å². The summed E-state index contributed by atoms with van der Waals surface area (Å²) in [5, 5.41) is 4.46. The van der Waals surface area contributed by atoms with E-state index in [4.69, 9.17) is 14.5 Å². The summed E-state index contributed by atoms with van der Waals surface area (Å²) in [7, 11) is 3.37. The molecule has 32 heavy (non-hydrogen) atoms. The van der Waals surface area contributed by atoms with Crippen molar-refractivity contribution in [2.45, 2.75) is 38.3 Å². The summed E-state index contributed by atoms with van der Waals surface area (Å²) in [5.41, 5.74) is 5.45. The molecule has 0 bridgehead atoms. The van der Waals surface area contributed by atoms with Crippen molar-refractivity contribution in [3.05, 3.63) is 64.8 Å². The zero-order valence-electron chi connectivity index (χ0n) is 19.1. The van der Waals surface area contributed by atoms with E-state index in [-0.39, 0.29) is 17.6 Å². The molecule has 0 spiro atoms. The molecule has 2 heterocycles. The number of pyridine rings is 1. The lowest BCUT2D eigenvalue weighted by atomic mass is 9.96. The molecular weight excluding hydrogens is 402 g/mol. The molecule has 0 radical (unpaired) electrons. The van der Waals surface area contributed by atoms with Crippen LogP contribution >= 0.6 is 0 Å². The van der Waals surface area contributed by atoms with E-state index in [0.717, 1.165) is 59.3 Å². The van der Waals surface area contributed by atoms with Gasteiger partial charge in [-0.15, -0.1) is 0 Å². The first kappa shape index (κ1) is 20.8. The van der Waals surface area contributed by atoms with Crippen molar-refractivity contribution >= 4 is 22.5 Å². The van der Waals surface area contributed by atoms with Crippen LogP contribution in [0.4, 0.5) is 5.69 Å². The molecular formula is C26H29N3O3. The maximum Gasteiger partial charge on any atom is 0.252 e. The number of benzene rings is 2. The number of hydrogen-bond donors (Lipinski definition) is 1. The fourth-order valence-corrected chi connectivity index (χ4v) is 4.54. The molecule has 3 aromatic rings. The molecule has 0 unspecified atom stereocenters. The van der Waals surface area contributed by atoms with Crippen LogP contribution in [0.2, 0.25) is 0 Å². The number of carbonyl (C=O) groups excluding carboxylic acids is 1. The fourth-order valence-electron chi connectivity index (χ4n) is 4.54. The highest BCUT2D eigenvalue weighted by Gasteiger charge is 2.47. The molecule has 1 N–H and O–H groups in total. The number of anilines is 1. The second-order valence-electron chi connectivity index (χ2n) is 8.99. The van der Waals surface area contributed by atoms with Crippen LogP contribution in [0.25, 0.3) is 10.9 Å². The van der Waals surface area contributed by atoms with E-state index >= 15 is 0 Å². The molecule has 1 saturated heterocycles. The maximum absolute atomic E-state index is 13.3. The van der Waals surface area contributed by atoms with Gasteiger partial charge in [-0.05, 0) is 68.1 Å². The van der Waals surface area contributed by atoms with Gasteiger partial charge in [0.2, 0.25) is 0 Å². The van der Waals surface area contributed by atoms with Crippen molar-refractivity contribution in [2.75, 3.05) is 32.2 Å². The van der Waals surface area contributed by atoms with Crippen molar-refractivity contribution in [3.8, 4) is 5.75 Å². The largest absolute Gasteiger partial charge is 0.497 e. The van der Waals surface area contributed by atoms with Crippen molar-refractivity contribution in [2.24, 2.45) is 0 Å². The first-order valence-electron chi connectivity index (χ1n) is 11.1. The van der Waals surface area contributed by atoms with Crippen molar-refractivity contribution < 1.29 is 14.3 Å². The number of aromatic nitrogens is 1. The molecule has 2 fully saturated rings. The first-order valence-corrected chi connectivity index (χ1v) is 11.1. The fraction of sp³-hybridized carbons (Fsp3) is 0.385. The van der Waals surface area contributed by atoms with Gasteiger partial charge in [-0.3, -0.25) is 9.78 Å². The zero-order chi connectivity index (χ0) is 22.5. The van der Waals surface area contributed by atoms with Gasteiger partial charge >= 0.3 is 0 Å². The van der Waals surface area contributed by atoms with Gasteiger partial charge in [-0.1, -0.05) is 12.1 Å². The van der Waals surface area contributed by atoms with Crippen molar-refractivity contribution in [1.82, 2.24) is 10.3 Å². The number of rotatable bonds is 6. The smallest absolute Gasteiger partial charge is 0.252 e. The lowest BCUT2D eigenvalue weighted by molar-refractivity contribution is 0.0788. The van der Waals surface area contributed by atoms with Gasteiger partial charge in [0.05, 0.1) is 24.3 Å². The Bertz CT molecular complexity index is 1200. The highest BCUT2D eigenvalue weighted by molar-refractivity contribution is 5.98. The molecule has 166 valence electrons. The molecule has 1 amide bonds. The third-order valence-electron chi connectivity index (χ3n) is 6.79. The minimum Gasteiger partial charge on any atom is -0.497 e. The number of nitrogens with one attached hydrogen (secondary N) is 1. The zero-order valence-corrected chi connectivity index (χ0v) is 19.1. The summed E-state index contributed by atoms with van der Waals surface area (Å²) in [5.74, 6) is 0.615. The molecule has 0 atom stereocenters. The number of methoxy groups -OCH3 is 2. The first-order chi connectivity index (χ1) is 15.4. The van der Waals surface area contributed by atoms with Gasteiger partial charge in [0.1, 0.15) is 5.75 Å². The number of aryl methyl sites for hydroxylation is 2. The Hall–Kier alpha value is -3.12. The molecule has 1 saturated carbocycles. The quantitative estimate of drug-likeness (QED) is 0.636. The second-order valence-corrected chi connectivity index (χ2v) is 8.99. The lowest BCUT2D eigenvalue weighted by Crippen LogP contribution is -2.52. The summed E-state index contributed by atoms with van der Waals surface area (Å²) in [6.45, 7) is 5.70. The number of hydrogen-bond acceptors (Lipinski definition) is 5. The van der Waals surface area contributed by atoms with Crippen LogP contribution in [-0.4, -0.2) is 44.3 Å². The molecule has 1 aliphatic carbocycles. The minimum absolute atomic E-state index is 0.0686. The summed E-state index contributed by atoms with van der Waals surface area (Å²) in [6.07, 6.45) is 2.09. The van der Waals surface area contributed by atoms with Gasteiger partial charge in [0, 0.05) is 42.5 Å². The van der Waals surface area contributed by atoms with Crippen LogP contribution in [0.15, 0.2) is 42.5 Å². The maximum atomic E-state index is 13.3. The standard InChI is InChI=1S/C26H29N3O3/c1-16-5-7-19(31-3)13-22(16)25(30)28-26(9-10-26)23-11-18(29-14-20(15-29)32-4)12-24-21(23)8-6-17(2)27-24/h5-8,11-13,20H,9-10,14-15H2,1-4H3,(H,28,30). The second kappa shape index (κ2) is 7.78. The topological polar surface area (TPSA) is 63.7 Å². The van der Waals surface area contributed by atoms with Crippen LogP contribution in [0, 0.1) is 13.8 Å². The van der Waals surface area contributed by atoms with Gasteiger partial charge in [-0.2, -0.15) is 0 Å². The highest BCUT2D eigenvalue weighted by atomic mass is 16.5. The van der Waals surface area contributed by atoms with E-state index in [1.54, 1.807) is 14.2 Å². The van der Waals surface area contributed by atoms with Crippen LogP contribution in [0.5, 0.6) is 5.75 Å². The third-order valence-corrected chi connectivity index (χ3v) is 6.79. The molecule has 2 aromatic carbocycles. The molecule has 6 heteroatoms. The van der Waals surface area contributed by atoms with E-state index in [0.29, 0.717) is 11.3 Å². The van der Waals surface area contributed by atoms with Gasteiger partial charge < -0.3 is 19.7 Å².